The summed E-state index contributed by atoms with van der Waals surface area (Å²) in [5, 5.41) is 14.6. The lowest BCUT2D eigenvalue weighted by molar-refractivity contribution is -0.385. The fraction of sp³-hybridized carbons (Fsp3) is 0.387. The Kier molecular flexibility index (Phi) is 8.81. The lowest BCUT2D eigenvalue weighted by Gasteiger charge is -2.37. The van der Waals surface area contributed by atoms with Gasteiger partial charge >= 0.3 is 5.69 Å². The van der Waals surface area contributed by atoms with Gasteiger partial charge in [-0.3, -0.25) is 19.8 Å². The van der Waals surface area contributed by atoms with Gasteiger partial charge in [-0.1, -0.05) is 42.5 Å². The van der Waals surface area contributed by atoms with Crippen LogP contribution in [0.5, 0.6) is 5.75 Å². The smallest absolute Gasteiger partial charge is 0.311 e. The largest absolute Gasteiger partial charge is 0.490 e. The first kappa shape index (κ1) is 27.5. The number of rotatable bonds is 9. The molecular weight excluding hydrogens is 506 g/mol. The Morgan fingerprint density at radius 3 is 2.25 bits per heavy atom. The van der Waals surface area contributed by atoms with Crippen LogP contribution < -0.4 is 15.0 Å². The number of nitro benzene ring substituents is 1. The lowest BCUT2D eigenvalue weighted by Crippen LogP contribution is -2.48. The molecule has 3 aromatic rings. The number of benzene rings is 3. The number of nitro groups is 1. The van der Waals surface area contributed by atoms with Crippen molar-refractivity contribution in [2.75, 3.05) is 63.1 Å². The van der Waals surface area contributed by atoms with Crippen LogP contribution in [0, 0.1) is 10.1 Å². The summed E-state index contributed by atoms with van der Waals surface area (Å²) in [6.07, 6.45) is 2.23. The molecule has 2 fully saturated rings. The summed E-state index contributed by atoms with van der Waals surface area (Å²) in [7, 11) is 1.43. The Bertz CT molecular complexity index is 1280. The molecule has 1 N–H and O–H groups in total. The van der Waals surface area contributed by atoms with Crippen molar-refractivity contribution in [1.82, 2.24) is 9.80 Å². The highest BCUT2D eigenvalue weighted by molar-refractivity contribution is 5.76. The van der Waals surface area contributed by atoms with Crippen molar-refractivity contribution in [3.8, 4) is 16.9 Å². The molecule has 0 aromatic heterocycles. The van der Waals surface area contributed by atoms with E-state index in [1.807, 2.05) is 11.0 Å². The van der Waals surface area contributed by atoms with Gasteiger partial charge in [0.05, 0.1) is 12.0 Å². The Balaban J connectivity index is 1.02. The highest BCUT2D eigenvalue weighted by Crippen LogP contribution is 2.31. The molecule has 2 aliphatic rings. The van der Waals surface area contributed by atoms with E-state index in [9.17, 15) is 14.9 Å². The van der Waals surface area contributed by atoms with Crippen molar-refractivity contribution >= 4 is 23.0 Å². The van der Waals surface area contributed by atoms with Gasteiger partial charge in [0, 0.05) is 81.8 Å². The van der Waals surface area contributed by atoms with Crippen LogP contribution in [0.1, 0.15) is 19.3 Å². The van der Waals surface area contributed by atoms with Crippen LogP contribution in [-0.2, 0) is 4.79 Å². The first-order chi connectivity index (χ1) is 19.5. The number of carbonyl (C=O) groups is 1. The molecule has 0 radical (unpaired) electrons. The van der Waals surface area contributed by atoms with Crippen LogP contribution in [0.15, 0.2) is 72.8 Å². The SMILES string of the molecule is COc1cc(NC2CCN(C(=O)CCN3CCN(c4ccc(-c5ccccc5)cc4)CC3)CC2)ccc1[N+](=O)[O-]. The fourth-order valence-corrected chi connectivity index (χ4v) is 5.56. The molecule has 0 spiro atoms. The molecule has 3 aromatic carbocycles. The van der Waals surface area contributed by atoms with Crippen molar-refractivity contribution in [3.63, 3.8) is 0 Å². The Morgan fingerprint density at radius 2 is 1.60 bits per heavy atom. The summed E-state index contributed by atoms with van der Waals surface area (Å²) >= 11 is 0. The van der Waals surface area contributed by atoms with Gasteiger partial charge in [0.2, 0.25) is 5.91 Å². The molecule has 2 saturated heterocycles. The molecule has 0 atom stereocenters. The number of amides is 1. The van der Waals surface area contributed by atoms with Gasteiger partial charge in [0.1, 0.15) is 0 Å². The number of nitrogens with one attached hydrogen (secondary N) is 1. The molecule has 0 saturated carbocycles. The number of piperazine rings is 1. The second-order valence-corrected chi connectivity index (χ2v) is 10.4. The van der Waals surface area contributed by atoms with Crippen molar-refractivity contribution in [2.45, 2.75) is 25.3 Å². The number of ether oxygens (including phenoxy) is 1. The van der Waals surface area contributed by atoms with Gasteiger partial charge in [-0.15, -0.1) is 0 Å². The number of anilines is 2. The summed E-state index contributed by atoms with van der Waals surface area (Å²) in [6.45, 7) is 6.06. The number of hydrogen-bond acceptors (Lipinski definition) is 7. The summed E-state index contributed by atoms with van der Waals surface area (Å²) in [6, 6.07) is 24.3. The quantitative estimate of drug-likeness (QED) is 0.304. The minimum atomic E-state index is -0.447. The Morgan fingerprint density at radius 1 is 0.925 bits per heavy atom. The third-order valence-electron chi connectivity index (χ3n) is 7.95. The van der Waals surface area contributed by atoms with E-state index in [0.717, 1.165) is 51.3 Å². The first-order valence-electron chi connectivity index (χ1n) is 14.0. The number of methoxy groups -OCH3 is 1. The first-order valence-corrected chi connectivity index (χ1v) is 14.0. The van der Waals surface area contributed by atoms with Crippen molar-refractivity contribution in [3.05, 3.63) is 82.9 Å². The maximum Gasteiger partial charge on any atom is 0.311 e. The zero-order chi connectivity index (χ0) is 27.9. The average Bonchev–Trinajstić information content (AvgIpc) is 3.01. The molecule has 210 valence electrons. The van der Waals surface area contributed by atoms with Crippen molar-refractivity contribution in [2.24, 2.45) is 0 Å². The van der Waals surface area contributed by atoms with E-state index in [4.69, 9.17) is 4.74 Å². The Hall–Kier alpha value is -4.11. The van der Waals surface area contributed by atoms with E-state index >= 15 is 0 Å². The summed E-state index contributed by atoms with van der Waals surface area (Å²) in [4.78, 5) is 30.4. The summed E-state index contributed by atoms with van der Waals surface area (Å²) in [5.41, 5.74) is 4.45. The third kappa shape index (κ3) is 6.71. The maximum absolute atomic E-state index is 12.9. The van der Waals surface area contributed by atoms with Crippen molar-refractivity contribution in [1.29, 1.82) is 0 Å². The van der Waals surface area contributed by atoms with Crippen LogP contribution in [-0.4, -0.2) is 79.6 Å². The molecule has 0 unspecified atom stereocenters. The molecule has 0 bridgehead atoms. The van der Waals surface area contributed by atoms with Crippen molar-refractivity contribution < 1.29 is 14.5 Å². The number of hydrogen-bond donors (Lipinski definition) is 1. The van der Waals surface area contributed by atoms with Gasteiger partial charge in [-0.05, 0) is 42.2 Å². The standard InChI is InChI=1S/C31H37N5O4/c1-40-30-23-27(9-12-29(30)36(38)39)32-26-13-17-35(18-14-26)31(37)15-16-33-19-21-34(22-20-33)28-10-7-25(8-11-28)24-5-3-2-4-6-24/h2-12,23,26,32H,13-22H2,1H3. The van der Waals surface area contributed by atoms with Gasteiger partial charge in [-0.2, -0.15) is 0 Å². The molecule has 40 heavy (non-hydrogen) atoms. The summed E-state index contributed by atoms with van der Waals surface area (Å²) in [5.74, 6) is 0.457. The number of carbonyl (C=O) groups excluding carboxylic acids is 1. The van der Waals surface area contributed by atoms with E-state index in [1.54, 1.807) is 12.1 Å². The highest BCUT2D eigenvalue weighted by atomic mass is 16.6. The van der Waals surface area contributed by atoms with Gasteiger partial charge in [0.15, 0.2) is 5.75 Å². The Labute approximate surface area is 235 Å². The monoisotopic (exact) mass is 543 g/mol. The molecule has 1 amide bonds. The topological polar surface area (TPSA) is 91.2 Å². The number of likely N-dealkylation sites (tertiary alicyclic amines) is 1. The zero-order valence-electron chi connectivity index (χ0n) is 23.0. The van der Waals surface area contributed by atoms with Crippen LogP contribution >= 0.6 is 0 Å². The molecule has 5 rings (SSSR count). The predicted octanol–water partition coefficient (Wildman–Crippen LogP) is 4.89. The van der Waals surface area contributed by atoms with Crippen LogP contribution in [0.3, 0.4) is 0 Å². The second kappa shape index (κ2) is 12.8. The van der Waals surface area contributed by atoms with Gasteiger partial charge in [-0.25, -0.2) is 0 Å². The van der Waals surface area contributed by atoms with E-state index in [2.05, 4.69) is 63.6 Å². The van der Waals surface area contributed by atoms with Crippen LogP contribution in [0.4, 0.5) is 17.1 Å². The number of piperidine rings is 1. The van der Waals surface area contributed by atoms with E-state index in [1.165, 1.54) is 30.0 Å². The second-order valence-electron chi connectivity index (χ2n) is 10.4. The predicted molar refractivity (Wildman–Crippen MR) is 158 cm³/mol. The maximum atomic E-state index is 12.9. The molecular formula is C31H37N5O4. The minimum absolute atomic E-state index is 0.0487. The zero-order valence-corrected chi connectivity index (χ0v) is 23.0. The highest BCUT2D eigenvalue weighted by Gasteiger charge is 2.25. The molecule has 9 nitrogen and oxygen atoms in total. The average molecular weight is 544 g/mol. The molecule has 2 heterocycles. The number of nitrogens with zero attached hydrogens (tertiary/aromatic N) is 4. The molecule has 9 heteroatoms. The van der Waals surface area contributed by atoms with Gasteiger partial charge in [0.25, 0.3) is 0 Å². The van der Waals surface area contributed by atoms with E-state index in [0.29, 0.717) is 19.5 Å². The van der Waals surface area contributed by atoms with E-state index in [-0.39, 0.29) is 23.4 Å². The van der Waals surface area contributed by atoms with Gasteiger partial charge < -0.3 is 19.9 Å². The van der Waals surface area contributed by atoms with Crippen LogP contribution in [0.25, 0.3) is 11.1 Å². The van der Waals surface area contributed by atoms with Crippen LogP contribution in [0.2, 0.25) is 0 Å². The lowest BCUT2D eigenvalue weighted by atomic mass is 10.0. The normalized spacial score (nSPS) is 16.5. The molecule has 2 aliphatic heterocycles. The third-order valence-corrected chi connectivity index (χ3v) is 7.95. The summed E-state index contributed by atoms with van der Waals surface area (Å²) < 4.78 is 5.17. The fourth-order valence-electron chi connectivity index (χ4n) is 5.56. The van der Waals surface area contributed by atoms with E-state index < -0.39 is 4.92 Å². The molecule has 0 aliphatic carbocycles. The minimum Gasteiger partial charge on any atom is -0.490 e.